The fourth-order valence-corrected chi connectivity index (χ4v) is 1.57. The van der Waals surface area contributed by atoms with Gasteiger partial charge in [-0.1, -0.05) is 11.2 Å². The van der Waals surface area contributed by atoms with Gasteiger partial charge in [-0.3, -0.25) is 4.79 Å². The van der Waals surface area contributed by atoms with Gasteiger partial charge in [0.05, 0.1) is 19.2 Å². The number of carbonyl (C=O) groups is 1. The molecule has 1 heterocycles. The molecule has 0 spiro atoms. The van der Waals surface area contributed by atoms with Crippen molar-refractivity contribution in [2.24, 2.45) is 0 Å². The lowest BCUT2D eigenvalue weighted by Gasteiger charge is -2.05. The number of nitrogens with one attached hydrogen (secondary N) is 1. The van der Waals surface area contributed by atoms with Crippen LogP contribution in [0.25, 0.3) is 0 Å². The average Bonchev–Trinajstić information content (AvgIpc) is 2.74. The Bertz CT molecular complexity index is 549. The molecule has 0 saturated carbocycles. The number of ether oxygens (including phenoxy) is 1. The Kier molecular flexibility index (Phi) is 3.62. The van der Waals surface area contributed by atoms with Crippen molar-refractivity contribution in [1.82, 2.24) is 5.16 Å². The molecule has 1 amide bonds. The zero-order valence-electron chi connectivity index (χ0n) is 10.3. The Morgan fingerprint density at radius 3 is 2.94 bits per heavy atom. The number of carbonyl (C=O) groups excluding carboxylic acids is 1. The Morgan fingerprint density at radius 1 is 1.44 bits per heavy atom. The van der Waals surface area contributed by atoms with Crippen LogP contribution in [-0.2, 0) is 11.2 Å². The van der Waals surface area contributed by atoms with E-state index in [2.05, 4.69) is 10.5 Å². The minimum absolute atomic E-state index is 0.142. The molecule has 2 aromatic rings. The summed E-state index contributed by atoms with van der Waals surface area (Å²) in [5.41, 5.74) is 1.31. The molecule has 1 aromatic carbocycles. The fourth-order valence-electron chi connectivity index (χ4n) is 1.57. The van der Waals surface area contributed by atoms with Crippen molar-refractivity contribution < 1.29 is 14.1 Å². The molecule has 1 N–H and O–H groups in total. The number of rotatable bonds is 4. The normalized spacial score (nSPS) is 10.1. The molecule has 5 nitrogen and oxygen atoms in total. The van der Waals surface area contributed by atoms with Crippen LogP contribution in [0.4, 0.5) is 5.69 Å². The minimum atomic E-state index is -0.142. The van der Waals surface area contributed by atoms with Crippen LogP contribution >= 0.6 is 0 Å². The highest BCUT2D eigenvalue weighted by molar-refractivity contribution is 5.92. The van der Waals surface area contributed by atoms with Gasteiger partial charge >= 0.3 is 0 Å². The third-order valence-corrected chi connectivity index (χ3v) is 2.37. The first-order valence-electron chi connectivity index (χ1n) is 5.53. The summed E-state index contributed by atoms with van der Waals surface area (Å²) in [5.74, 6) is 1.25. The predicted octanol–water partition coefficient (Wildman–Crippen LogP) is 2.17. The molecule has 5 heteroatoms. The number of anilines is 1. The molecule has 0 radical (unpaired) electrons. The number of methoxy groups -OCH3 is 1. The van der Waals surface area contributed by atoms with E-state index in [0.717, 1.165) is 0 Å². The molecule has 0 aliphatic carbocycles. The summed E-state index contributed by atoms with van der Waals surface area (Å²) in [5, 5.41) is 6.54. The van der Waals surface area contributed by atoms with E-state index >= 15 is 0 Å². The van der Waals surface area contributed by atoms with Gasteiger partial charge in [-0.2, -0.15) is 0 Å². The number of hydrogen-bond acceptors (Lipinski definition) is 4. The van der Waals surface area contributed by atoms with Crippen molar-refractivity contribution in [3.05, 3.63) is 41.8 Å². The second-order valence-electron chi connectivity index (χ2n) is 3.89. The summed E-state index contributed by atoms with van der Waals surface area (Å²) < 4.78 is 9.98. The van der Waals surface area contributed by atoms with Gasteiger partial charge in [0.1, 0.15) is 11.5 Å². The summed E-state index contributed by atoms with van der Waals surface area (Å²) >= 11 is 0. The van der Waals surface area contributed by atoms with Crippen LogP contribution in [0.5, 0.6) is 5.75 Å². The van der Waals surface area contributed by atoms with Crippen molar-refractivity contribution in [2.75, 3.05) is 12.4 Å². The van der Waals surface area contributed by atoms with E-state index in [1.807, 2.05) is 12.1 Å². The lowest BCUT2D eigenvalue weighted by Crippen LogP contribution is -2.14. The zero-order chi connectivity index (χ0) is 13.0. The SMILES string of the molecule is COc1cccc(NC(=O)Cc2cc(C)on2)c1. The van der Waals surface area contributed by atoms with Crippen molar-refractivity contribution >= 4 is 11.6 Å². The van der Waals surface area contributed by atoms with Gasteiger partial charge in [-0.15, -0.1) is 0 Å². The van der Waals surface area contributed by atoms with Gasteiger partial charge < -0.3 is 14.6 Å². The second-order valence-corrected chi connectivity index (χ2v) is 3.89. The van der Waals surface area contributed by atoms with Crippen LogP contribution in [0.1, 0.15) is 11.5 Å². The number of benzene rings is 1. The number of hydrogen-bond donors (Lipinski definition) is 1. The minimum Gasteiger partial charge on any atom is -0.497 e. The van der Waals surface area contributed by atoms with Crippen LogP contribution in [0, 0.1) is 6.92 Å². The van der Waals surface area contributed by atoms with E-state index in [4.69, 9.17) is 9.26 Å². The average molecular weight is 246 g/mol. The lowest BCUT2D eigenvalue weighted by atomic mass is 10.2. The Morgan fingerprint density at radius 2 is 2.28 bits per heavy atom. The van der Waals surface area contributed by atoms with Crippen molar-refractivity contribution in [3.63, 3.8) is 0 Å². The lowest BCUT2D eigenvalue weighted by molar-refractivity contribution is -0.115. The maximum absolute atomic E-state index is 11.8. The largest absolute Gasteiger partial charge is 0.497 e. The first-order valence-corrected chi connectivity index (χ1v) is 5.53. The summed E-state index contributed by atoms with van der Waals surface area (Å²) in [4.78, 5) is 11.8. The summed E-state index contributed by atoms with van der Waals surface area (Å²) in [7, 11) is 1.58. The number of nitrogens with zero attached hydrogens (tertiary/aromatic N) is 1. The summed E-state index contributed by atoms with van der Waals surface area (Å²) in [6, 6.07) is 8.93. The van der Waals surface area contributed by atoms with Gasteiger partial charge in [-0.05, 0) is 19.1 Å². The van der Waals surface area contributed by atoms with Crippen LogP contribution in [0.15, 0.2) is 34.9 Å². The fraction of sp³-hybridized carbons (Fsp3) is 0.231. The first kappa shape index (κ1) is 12.2. The monoisotopic (exact) mass is 246 g/mol. The van der Waals surface area contributed by atoms with Gasteiger partial charge in [0, 0.05) is 17.8 Å². The number of aromatic nitrogens is 1. The highest BCUT2D eigenvalue weighted by Crippen LogP contribution is 2.16. The highest BCUT2D eigenvalue weighted by Gasteiger charge is 2.08. The molecule has 2 rings (SSSR count). The van der Waals surface area contributed by atoms with Gasteiger partial charge in [0.25, 0.3) is 0 Å². The van der Waals surface area contributed by atoms with Gasteiger partial charge in [-0.25, -0.2) is 0 Å². The van der Waals surface area contributed by atoms with E-state index in [1.54, 1.807) is 32.2 Å². The Labute approximate surface area is 105 Å². The molecule has 0 fully saturated rings. The molecule has 0 saturated heterocycles. The Balaban J connectivity index is 1.98. The second kappa shape index (κ2) is 5.35. The maximum Gasteiger partial charge on any atom is 0.230 e. The molecule has 0 aliphatic heterocycles. The molecule has 0 aliphatic rings. The number of amides is 1. The van der Waals surface area contributed by atoms with E-state index in [1.165, 1.54) is 0 Å². The standard InChI is InChI=1S/C13H14N2O3/c1-9-6-11(15-18-9)8-13(16)14-10-4-3-5-12(7-10)17-2/h3-7H,8H2,1-2H3,(H,14,16). The number of aryl methyl sites for hydroxylation is 1. The molecule has 1 aromatic heterocycles. The smallest absolute Gasteiger partial charge is 0.230 e. The molecule has 94 valence electrons. The molecule has 0 unspecified atom stereocenters. The van der Waals surface area contributed by atoms with Gasteiger partial charge in [0.2, 0.25) is 5.91 Å². The van der Waals surface area contributed by atoms with Crippen molar-refractivity contribution in [2.45, 2.75) is 13.3 Å². The molecule has 0 atom stereocenters. The van der Waals surface area contributed by atoms with Crippen molar-refractivity contribution in [3.8, 4) is 5.75 Å². The van der Waals surface area contributed by atoms with Gasteiger partial charge in [0.15, 0.2) is 0 Å². The van der Waals surface area contributed by atoms with Crippen LogP contribution in [0.3, 0.4) is 0 Å². The molecule has 0 bridgehead atoms. The molecular formula is C13H14N2O3. The molecular weight excluding hydrogens is 232 g/mol. The van der Waals surface area contributed by atoms with E-state index in [0.29, 0.717) is 22.9 Å². The summed E-state index contributed by atoms with van der Waals surface area (Å²) in [6.45, 7) is 1.79. The molecule has 18 heavy (non-hydrogen) atoms. The van der Waals surface area contributed by atoms with Crippen LogP contribution < -0.4 is 10.1 Å². The zero-order valence-corrected chi connectivity index (χ0v) is 10.3. The maximum atomic E-state index is 11.8. The van der Waals surface area contributed by atoms with Crippen LogP contribution in [-0.4, -0.2) is 18.2 Å². The highest BCUT2D eigenvalue weighted by atomic mass is 16.5. The first-order chi connectivity index (χ1) is 8.67. The quantitative estimate of drug-likeness (QED) is 0.898. The van der Waals surface area contributed by atoms with E-state index < -0.39 is 0 Å². The third-order valence-electron chi connectivity index (χ3n) is 2.37. The van der Waals surface area contributed by atoms with E-state index in [9.17, 15) is 4.79 Å². The topological polar surface area (TPSA) is 64.4 Å². The third kappa shape index (κ3) is 3.10. The predicted molar refractivity (Wildman–Crippen MR) is 66.6 cm³/mol. The summed E-state index contributed by atoms with van der Waals surface area (Å²) in [6.07, 6.45) is 0.189. The Hall–Kier alpha value is -2.30. The van der Waals surface area contributed by atoms with Crippen molar-refractivity contribution in [1.29, 1.82) is 0 Å². The van der Waals surface area contributed by atoms with E-state index in [-0.39, 0.29) is 12.3 Å². The van der Waals surface area contributed by atoms with Crippen LogP contribution in [0.2, 0.25) is 0 Å².